The lowest BCUT2D eigenvalue weighted by atomic mass is 9.84. The minimum absolute atomic E-state index is 0.0102. The molecule has 2 saturated heterocycles. The maximum atomic E-state index is 12.4. The number of esters is 2. The molecular weight excluding hydrogens is 578 g/mol. The van der Waals surface area contributed by atoms with Crippen LogP contribution in [0, 0.1) is 5.92 Å². The molecule has 0 aromatic heterocycles. The molecule has 0 unspecified atom stereocenters. The number of aliphatic hydroxyl groups is 2. The van der Waals surface area contributed by atoms with Gasteiger partial charge in [-0.2, -0.15) is 0 Å². The van der Waals surface area contributed by atoms with Gasteiger partial charge < -0.3 is 34.5 Å². The van der Waals surface area contributed by atoms with Crippen molar-refractivity contribution in [3.63, 3.8) is 0 Å². The van der Waals surface area contributed by atoms with Crippen LogP contribution in [0.25, 0.3) is 0 Å². The van der Waals surface area contributed by atoms with Gasteiger partial charge in [0.2, 0.25) is 5.91 Å². The van der Waals surface area contributed by atoms with E-state index in [0.29, 0.717) is 6.42 Å². The monoisotopic (exact) mass is 627 g/mol. The Morgan fingerprint density at radius 1 is 1.16 bits per heavy atom. The minimum atomic E-state index is -1.61. The second kappa shape index (κ2) is 16.2. The molecule has 0 saturated carbocycles. The van der Waals surface area contributed by atoms with Crippen LogP contribution in [0.4, 0.5) is 0 Å². The molecule has 0 aromatic rings. The number of hydrogen-bond donors (Lipinski definition) is 3. The Hall–Kier alpha value is -2.24. The molecule has 10 nitrogen and oxygen atoms in total. The molecule has 244 valence electrons. The number of aliphatic hydroxyl groups excluding tert-OH is 1. The highest BCUT2D eigenvalue weighted by atomic mass is 35.5. The third-order valence-corrected chi connectivity index (χ3v) is 7.94. The largest absolute Gasteiger partial charge is 0.460 e. The van der Waals surface area contributed by atoms with E-state index in [4.69, 9.17) is 30.5 Å². The summed E-state index contributed by atoms with van der Waals surface area (Å²) in [6.07, 6.45) is 6.20. The molecule has 9 atom stereocenters. The lowest BCUT2D eigenvalue weighted by Crippen LogP contribution is -2.58. The lowest BCUT2D eigenvalue weighted by Gasteiger charge is -2.43. The zero-order chi connectivity index (χ0) is 32.5. The molecule has 0 bridgehead atoms. The van der Waals surface area contributed by atoms with Crippen molar-refractivity contribution in [3.05, 3.63) is 36.0 Å². The zero-order valence-electron chi connectivity index (χ0n) is 26.7. The molecule has 11 heteroatoms. The van der Waals surface area contributed by atoms with Crippen molar-refractivity contribution < 1.29 is 43.5 Å². The van der Waals surface area contributed by atoms with Crippen molar-refractivity contribution in [2.75, 3.05) is 5.88 Å². The van der Waals surface area contributed by atoms with Gasteiger partial charge in [-0.1, -0.05) is 30.7 Å². The number of ether oxygens (including phenoxy) is 4. The van der Waals surface area contributed by atoms with E-state index in [0.717, 1.165) is 12.0 Å². The first kappa shape index (κ1) is 36.9. The summed E-state index contributed by atoms with van der Waals surface area (Å²) in [4.78, 5) is 35.8. The number of alkyl halides is 1. The summed E-state index contributed by atoms with van der Waals surface area (Å²) in [5.74, 6) is -1.16. The van der Waals surface area contributed by atoms with Crippen molar-refractivity contribution in [3.8, 4) is 0 Å². The van der Waals surface area contributed by atoms with E-state index in [9.17, 15) is 24.6 Å². The summed E-state index contributed by atoms with van der Waals surface area (Å²) >= 11 is 6.02. The van der Waals surface area contributed by atoms with Crippen LogP contribution < -0.4 is 5.32 Å². The fourth-order valence-electron chi connectivity index (χ4n) is 5.22. The van der Waals surface area contributed by atoms with Gasteiger partial charge in [-0.25, -0.2) is 0 Å². The number of carbonyl (C=O) groups is 3. The van der Waals surface area contributed by atoms with E-state index in [1.54, 1.807) is 33.8 Å². The highest BCUT2D eigenvalue weighted by Gasteiger charge is 2.47. The number of allylic oxidation sites excluding steroid dienone is 2. The van der Waals surface area contributed by atoms with E-state index in [1.807, 2.05) is 26.0 Å². The van der Waals surface area contributed by atoms with Crippen LogP contribution in [0.3, 0.4) is 0 Å². The van der Waals surface area contributed by atoms with E-state index >= 15 is 0 Å². The van der Waals surface area contributed by atoms with Gasteiger partial charge in [0, 0.05) is 19.4 Å². The molecule has 2 rings (SSSR count). The normalized spacial score (nSPS) is 32.9. The van der Waals surface area contributed by atoms with Crippen LogP contribution in [-0.2, 0) is 33.3 Å². The molecule has 2 aliphatic heterocycles. The van der Waals surface area contributed by atoms with Gasteiger partial charge in [0.05, 0.1) is 36.7 Å². The number of hydrogen-bond acceptors (Lipinski definition) is 9. The van der Waals surface area contributed by atoms with E-state index in [1.165, 1.54) is 19.1 Å². The second-order valence-electron chi connectivity index (χ2n) is 12.8. The molecule has 1 amide bonds. The first-order valence-corrected chi connectivity index (χ1v) is 15.5. The fourth-order valence-corrected chi connectivity index (χ4v) is 5.49. The number of halogens is 1. The molecular formula is C32H50ClNO9. The first-order chi connectivity index (χ1) is 19.9. The van der Waals surface area contributed by atoms with Crippen LogP contribution in [0.1, 0.15) is 81.1 Å². The zero-order valence-corrected chi connectivity index (χ0v) is 27.4. The van der Waals surface area contributed by atoms with E-state index in [-0.39, 0.29) is 48.8 Å². The average Bonchev–Trinajstić information content (AvgIpc) is 2.88. The summed E-state index contributed by atoms with van der Waals surface area (Å²) < 4.78 is 22.6. The highest BCUT2D eigenvalue weighted by Crippen LogP contribution is 2.33. The molecule has 0 aromatic carbocycles. The second-order valence-corrected chi connectivity index (χ2v) is 13.1. The van der Waals surface area contributed by atoms with Crippen LogP contribution >= 0.6 is 11.6 Å². The molecule has 2 aliphatic rings. The van der Waals surface area contributed by atoms with E-state index < -0.39 is 47.6 Å². The average molecular weight is 628 g/mol. The van der Waals surface area contributed by atoms with Crippen molar-refractivity contribution >= 4 is 29.4 Å². The molecule has 43 heavy (non-hydrogen) atoms. The summed E-state index contributed by atoms with van der Waals surface area (Å²) in [5, 5.41) is 24.7. The van der Waals surface area contributed by atoms with Crippen LogP contribution in [0.5, 0.6) is 0 Å². The summed E-state index contributed by atoms with van der Waals surface area (Å²) in [6, 6.07) is -0.156. The topological polar surface area (TPSA) is 141 Å². The quantitative estimate of drug-likeness (QED) is 0.135. The van der Waals surface area contributed by atoms with Gasteiger partial charge in [-0.15, -0.1) is 11.6 Å². The Bertz CT molecular complexity index is 1050. The molecule has 0 radical (unpaired) electrons. The Labute approximate surface area is 260 Å². The predicted octanol–water partition coefficient (Wildman–Crippen LogP) is 3.91. The van der Waals surface area contributed by atoms with Gasteiger partial charge >= 0.3 is 11.9 Å². The van der Waals surface area contributed by atoms with Crippen molar-refractivity contribution in [1.82, 2.24) is 5.32 Å². The molecule has 0 spiro atoms. The van der Waals surface area contributed by atoms with Crippen LogP contribution in [-0.4, -0.2) is 87.8 Å². The van der Waals surface area contributed by atoms with Crippen molar-refractivity contribution in [2.45, 2.75) is 135 Å². The molecule has 2 heterocycles. The van der Waals surface area contributed by atoms with Gasteiger partial charge in [0.1, 0.15) is 29.5 Å². The van der Waals surface area contributed by atoms with Crippen molar-refractivity contribution in [2.24, 2.45) is 5.92 Å². The Morgan fingerprint density at radius 2 is 1.84 bits per heavy atom. The minimum Gasteiger partial charge on any atom is -0.460 e. The first-order valence-electron chi connectivity index (χ1n) is 14.9. The number of nitrogens with one attached hydrogen (secondary N) is 1. The Morgan fingerprint density at radius 3 is 2.44 bits per heavy atom. The molecule has 0 aliphatic carbocycles. The Kier molecular flexibility index (Phi) is 13.9. The maximum absolute atomic E-state index is 12.4. The molecule has 3 N–H and O–H groups in total. The fraction of sp³-hybridized carbons (Fsp3) is 0.719. The smallest absolute Gasteiger partial charge is 0.308 e. The number of rotatable bonds is 11. The summed E-state index contributed by atoms with van der Waals surface area (Å²) in [7, 11) is 0. The van der Waals surface area contributed by atoms with Gasteiger partial charge in [-0.3, -0.25) is 14.4 Å². The van der Waals surface area contributed by atoms with Crippen molar-refractivity contribution in [1.29, 1.82) is 0 Å². The Balaban J connectivity index is 1.96. The third-order valence-electron chi connectivity index (χ3n) is 7.47. The summed E-state index contributed by atoms with van der Waals surface area (Å²) in [6.45, 7) is 14.3. The van der Waals surface area contributed by atoms with Gasteiger partial charge in [0.15, 0.2) is 0 Å². The number of carbonyl (C=O) groups excluding carboxylic acids is 3. The van der Waals surface area contributed by atoms with Crippen LogP contribution in [0.15, 0.2) is 36.0 Å². The SMILES string of the molecule is CC(=O)O[C@@H](C)/C=C\C(=O)N[C@@H]1C[C@H](C)[C@H](C/C=C(C)/C=C/[C@H]2O[C@H](CC(=O)OC(C)(C)C)C[C@@](O)(CCl)[C@@H]2O)O[C@@H]1C. The van der Waals surface area contributed by atoms with E-state index in [2.05, 4.69) is 12.2 Å². The predicted molar refractivity (Wildman–Crippen MR) is 163 cm³/mol. The maximum Gasteiger partial charge on any atom is 0.308 e. The number of amides is 1. The van der Waals surface area contributed by atoms with Gasteiger partial charge in [-0.05, 0) is 66.4 Å². The van der Waals surface area contributed by atoms with Gasteiger partial charge in [0.25, 0.3) is 0 Å². The van der Waals surface area contributed by atoms with Crippen LogP contribution in [0.2, 0.25) is 0 Å². The standard InChI is InChI=1S/C32H50ClNO9/c1-19(10-13-27-30(38)32(39,18-33)17-24(42-27)16-29(37)43-31(6,7)8)9-12-26-20(2)15-25(22(4)41-26)34-28(36)14-11-21(3)40-23(5)35/h9-11,13-14,20-22,24-27,30,38-39H,12,15-18H2,1-8H3,(H,34,36)/b13-10+,14-11-,19-9+/t20-,21-,22+,24+,25+,26-,27+,30+,32+/m0/s1. The molecule has 2 fully saturated rings. The third kappa shape index (κ3) is 12.3. The summed E-state index contributed by atoms with van der Waals surface area (Å²) in [5.41, 5.74) is -1.35. The lowest BCUT2D eigenvalue weighted by molar-refractivity contribution is -0.199. The highest BCUT2D eigenvalue weighted by molar-refractivity contribution is 6.18.